The molecule has 6 heteroatoms. The minimum Gasteiger partial charge on any atom is -0.396 e. The van der Waals surface area contributed by atoms with E-state index in [-0.39, 0.29) is 12.5 Å². The van der Waals surface area contributed by atoms with Gasteiger partial charge in [0.05, 0.1) is 28.6 Å². The molecule has 25 heavy (non-hydrogen) atoms. The van der Waals surface area contributed by atoms with Gasteiger partial charge < -0.3 is 5.11 Å². The van der Waals surface area contributed by atoms with Crippen LogP contribution in [0.4, 0.5) is 0 Å². The second kappa shape index (κ2) is 6.54. The normalized spacial score (nSPS) is 21.2. The van der Waals surface area contributed by atoms with Gasteiger partial charge in [0.1, 0.15) is 0 Å². The van der Waals surface area contributed by atoms with Crippen LogP contribution in [0.1, 0.15) is 22.9 Å². The molecule has 2 aromatic heterocycles. The average Bonchev–Trinajstić information content (AvgIpc) is 3.21. The van der Waals surface area contributed by atoms with Crippen molar-refractivity contribution in [2.24, 2.45) is 13.0 Å². The largest absolute Gasteiger partial charge is 0.396 e. The molecule has 0 radical (unpaired) electrons. The van der Waals surface area contributed by atoms with E-state index >= 15 is 0 Å². The van der Waals surface area contributed by atoms with Gasteiger partial charge in [0, 0.05) is 51.3 Å². The van der Waals surface area contributed by atoms with Crippen molar-refractivity contribution in [3.63, 3.8) is 0 Å². The maximum atomic E-state index is 9.80. The molecule has 130 valence electrons. The third-order valence-corrected chi connectivity index (χ3v) is 5.12. The van der Waals surface area contributed by atoms with Crippen LogP contribution in [-0.4, -0.2) is 49.5 Å². The van der Waals surface area contributed by atoms with Crippen LogP contribution >= 0.6 is 0 Å². The number of aliphatic hydroxyl groups excluding tert-OH is 1. The molecule has 2 atom stereocenters. The lowest BCUT2D eigenvalue weighted by molar-refractivity contribution is 0.213. The van der Waals surface area contributed by atoms with Gasteiger partial charge in [-0.15, -0.1) is 0 Å². The van der Waals surface area contributed by atoms with E-state index in [9.17, 15) is 5.11 Å². The number of rotatable bonds is 4. The Morgan fingerprint density at radius 3 is 2.60 bits per heavy atom. The van der Waals surface area contributed by atoms with Crippen LogP contribution in [-0.2, 0) is 13.6 Å². The van der Waals surface area contributed by atoms with Crippen LogP contribution in [0, 0.1) is 12.8 Å². The fourth-order valence-electron chi connectivity index (χ4n) is 3.77. The van der Waals surface area contributed by atoms with Crippen LogP contribution in [0.5, 0.6) is 0 Å². The first-order valence-corrected chi connectivity index (χ1v) is 8.68. The molecule has 1 fully saturated rings. The van der Waals surface area contributed by atoms with Gasteiger partial charge in [0.2, 0.25) is 0 Å². The van der Waals surface area contributed by atoms with Crippen molar-refractivity contribution >= 4 is 11.0 Å². The van der Waals surface area contributed by atoms with Crippen LogP contribution in [0.2, 0.25) is 0 Å². The highest BCUT2D eigenvalue weighted by Gasteiger charge is 2.34. The van der Waals surface area contributed by atoms with Gasteiger partial charge in [0.15, 0.2) is 0 Å². The maximum Gasteiger partial charge on any atom is 0.0890 e. The summed E-state index contributed by atoms with van der Waals surface area (Å²) in [5.74, 6) is 0.547. The molecule has 1 aromatic carbocycles. The summed E-state index contributed by atoms with van der Waals surface area (Å²) in [7, 11) is 1.93. The van der Waals surface area contributed by atoms with Gasteiger partial charge in [-0.25, -0.2) is 9.97 Å². The SMILES string of the molecule is Cc1nc2ccccc2nc1CN1C[C@@H](CO)[C@H](c2cnn(C)c2)C1. The number of aliphatic hydroxyl groups is 1. The Labute approximate surface area is 147 Å². The van der Waals surface area contributed by atoms with Crippen molar-refractivity contribution in [1.29, 1.82) is 0 Å². The number of fused-ring (bicyclic) bond motifs is 1. The van der Waals surface area contributed by atoms with E-state index in [4.69, 9.17) is 4.98 Å². The van der Waals surface area contributed by atoms with E-state index < -0.39 is 0 Å². The second-order valence-corrected chi connectivity index (χ2v) is 6.93. The average molecular weight is 337 g/mol. The second-order valence-electron chi connectivity index (χ2n) is 6.93. The minimum absolute atomic E-state index is 0.193. The van der Waals surface area contributed by atoms with Gasteiger partial charge in [0.25, 0.3) is 0 Å². The molecule has 4 rings (SSSR count). The monoisotopic (exact) mass is 337 g/mol. The topological polar surface area (TPSA) is 67.1 Å². The van der Waals surface area contributed by atoms with E-state index in [2.05, 4.69) is 21.2 Å². The molecule has 0 bridgehead atoms. The lowest BCUT2D eigenvalue weighted by atomic mass is 9.92. The Bertz CT molecular complexity index is 890. The fourth-order valence-corrected chi connectivity index (χ4v) is 3.77. The Morgan fingerprint density at radius 1 is 1.16 bits per heavy atom. The third-order valence-electron chi connectivity index (χ3n) is 5.12. The van der Waals surface area contributed by atoms with Crippen LogP contribution in [0.3, 0.4) is 0 Å². The molecule has 1 N–H and O–H groups in total. The van der Waals surface area contributed by atoms with E-state index in [1.54, 1.807) is 0 Å². The molecule has 0 spiro atoms. The first kappa shape index (κ1) is 16.2. The zero-order valence-corrected chi connectivity index (χ0v) is 14.6. The van der Waals surface area contributed by atoms with E-state index in [0.29, 0.717) is 5.92 Å². The van der Waals surface area contributed by atoms with Crippen molar-refractivity contribution in [3.8, 4) is 0 Å². The van der Waals surface area contributed by atoms with Crippen molar-refractivity contribution in [2.45, 2.75) is 19.4 Å². The summed E-state index contributed by atoms with van der Waals surface area (Å²) < 4.78 is 1.82. The predicted molar refractivity (Wildman–Crippen MR) is 96.1 cm³/mol. The molecule has 1 aliphatic rings. The van der Waals surface area contributed by atoms with Crippen molar-refractivity contribution in [2.75, 3.05) is 19.7 Å². The Kier molecular flexibility index (Phi) is 4.23. The number of aryl methyl sites for hydroxylation is 2. The van der Waals surface area contributed by atoms with Crippen molar-refractivity contribution in [3.05, 3.63) is 53.6 Å². The number of nitrogens with zero attached hydrogens (tertiary/aromatic N) is 5. The number of benzene rings is 1. The molecule has 0 amide bonds. The van der Waals surface area contributed by atoms with E-state index in [1.807, 2.05) is 49.1 Å². The van der Waals surface area contributed by atoms with Crippen molar-refractivity contribution in [1.82, 2.24) is 24.6 Å². The Hall–Kier alpha value is -2.31. The van der Waals surface area contributed by atoms with Crippen LogP contribution in [0.15, 0.2) is 36.7 Å². The molecule has 6 nitrogen and oxygen atoms in total. The summed E-state index contributed by atoms with van der Waals surface area (Å²) in [6, 6.07) is 7.98. The Morgan fingerprint density at radius 2 is 1.92 bits per heavy atom. The first-order valence-electron chi connectivity index (χ1n) is 8.68. The first-order chi connectivity index (χ1) is 12.1. The highest BCUT2D eigenvalue weighted by molar-refractivity contribution is 5.74. The zero-order valence-electron chi connectivity index (χ0n) is 14.6. The zero-order chi connectivity index (χ0) is 17.4. The Balaban J connectivity index is 1.56. The molecule has 0 unspecified atom stereocenters. The summed E-state index contributed by atoms with van der Waals surface area (Å²) >= 11 is 0. The summed E-state index contributed by atoms with van der Waals surface area (Å²) in [5, 5.41) is 14.1. The number of likely N-dealkylation sites (tertiary alicyclic amines) is 1. The van der Waals surface area contributed by atoms with Crippen LogP contribution in [0.25, 0.3) is 11.0 Å². The van der Waals surface area contributed by atoms with Gasteiger partial charge in [-0.2, -0.15) is 5.10 Å². The third kappa shape index (κ3) is 3.15. The fraction of sp³-hybridized carbons (Fsp3) is 0.421. The molecule has 1 saturated heterocycles. The maximum absolute atomic E-state index is 9.80. The number of hydrogen-bond acceptors (Lipinski definition) is 5. The van der Waals surface area contributed by atoms with Crippen molar-refractivity contribution < 1.29 is 5.11 Å². The summed E-state index contributed by atoms with van der Waals surface area (Å²) in [4.78, 5) is 11.9. The molecular formula is C19H23N5O. The summed E-state index contributed by atoms with van der Waals surface area (Å²) in [6.45, 7) is 4.75. The van der Waals surface area contributed by atoms with Gasteiger partial charge >= 0.3 is 0 Å². The number of para-hydroxylation sites is 2. The standard InChI is InChI=1S/C19H23N5O/c1-13-19(22-18-6-4-3-5-17(18)21-13)11-24-9-15(12-25)16(10-24)14-7-20-23(2)8-14/h3-8,15-16,25H,9-12H2,1-2H3/t15-,16-/m0/s1. The van der Waals surface area contributed by atoms with Crippen LogP contribution < -0.4 is 0 Å². The van der Waals surface area contributed by atoms with Gasteiger partial charge in [-0.3, -0.25) is 9.58 Å². The minimum atomic E-state index is 0.193. The summed E-state index contributed by atoms with van der Waals surface area (Å²) in [6.07, 6.45) is 3.97. The van der Waals surface area contributed by atoms with E-state index in [1.165, 1.54) is 5.56 Å². The molecular weight excluding hydrogens is 314 g/mol. The summed E-state index contributed by atoms with van der Waals surface area (Å²) in [5.41, 5.74) is 5.06. The smallest absolute Gasteiger partial charge is 0.0890 e. The highest BCUT2D eigenvalue weighted by atomic mass is 16.3. The number of aromatic nitrogens is 4. The molecule has 3 aromatic rings. The lowest BCUT2D eigenvalue weighted by Crippen LogP contribution is -2.22. The quantitative estimate of drug-likeness (QED) is 0.787. The van der Waals surface area contributed by atoms with Gasteiger partial charge in [-0.05, 0) is 24.6 Å². The lowest BCUT2D eigenvalue weighted by Gasteiger charge is -2.16. The highest BCUT2D eigenvalue weighted by Crippen LogP contribution is 2.33. The molecule has 0 aliphatic carbocycles. The number of hydrogen-bond donors (Lipinski definition) is 1. The molecule has 1 aliphatic heterocycles. The molecule has 3 heterocycles. The van der Waals surface area contributed by atoms with Gasteiger partial charge in [-0.1, -0.05) is 12.1 Å². The molecule has 0 saturated carbocycles. The predicted octanol–water partition coefficient (Wildman–Crippen LogP) is 1.88. The van der Waals surface area contributed by atoms with E-state index in [0.717, 1.165) is 42.1 Å².